The molecule has 92 valence electrons. The normalized spacial score (nSPS) is 24.3. The Kier molecular flexibility index (Phi) is 3.58. The maximum Gasteiger partial charge on any atom is 0.255 e. The lowest BCUT2D eigenvalue weighted by Crippen LogP contribution is -2.45. The van der Waals surface area contributed by atoms with Crippen LogP contribution in [0.25, 0.3) is 0 Å². The lowest BCUT2D eigenvalue weighted by atomic mass is 9.92. The third-order valence-electron chi connectivity index (χ3n) is 3.13. The molecule has 1 fully saturated rings. The van der Waals surface area contributed by atoms with Crippen LogP contribution in [0.15, 0.2) is 18.3 Å². The van der Waals surface area contributed by atoms with Crippen molar-refractivity contribution < 1.29 is 9.90 Å². The Morgan fingerprint density at radius 3 is 2.94 bits per heavy atom. The molecule has 0 bridgehead atoms. The van der Waals surface area contributed by atoms with Crippen LogP contribution in [-0.2, 0) is 0 Å². The summed E-state index contributed by atoms with van der Waals surface area (Å²) in [6.45, 7) is 0. The molecule has 1 aliphatic rings. The molecule has 0 saturated heterocycles. The van der Waals surface area contributed by atoms with Crippen LogP contribution in [0.1, 0.15) is 36.0 Å². The van der Waals surface area contributed by atoms with Crippen molar-refractivity contribution in [1.82, 2.24) is 10.3 Å². The number of aliphatic hydroxyl groups is 1. The van der Waals surface area contributed by atoms with Crippen molar-refractivity contribution in [3.63, 3.8) is 0 Å². The van der Waals surface area contributed by atoms with Crippen LogP contribution in [0.5, 0.6) is 0 Å². The highest BCUT2D eigenvalue weighted by molar-refractivity contribution is 5.98. The molecule has 1 aliphatic carbocycles. The van der Waals surface area contributed by atoms with Gasteiger partial charge in [0.05, 0.1) is 17.7 Å². The summed E-state index contributed by atoms with van der Waals surface area (Å²) in [5.41, 5.74) is 5.99. The van der Waals surface area contributed by atoms with Gasteiger partial charge in [-0.25, -0.2) is 4.98 Å². The van der Waals surface area contributed by atoms with E-state index in [9.17, 15) is 9.90 Å². The SMILES string of the molecule is Nc1ncccc1C(=O)NC1CCCCC1O. The van der Waals surface area contributed by atoms with Crippen molar-refractivity contribution in [2.75, 3.05) is 5.73 Å². The highest BCUT2D eigenvalue weighted by atomic mass is 16.3. The van der Waals surface area contributed by atoms with Gasteiger partial charge in [0.1, 0.15) is 5.82 Å². The number of carbonyl (C=O) groups excluding carboxylic acids is 1. The molecule has 0 aromatic carbocycles. The van der Waals surface area contributed by atoms with Crippen LogP contribution in [0, 0.1) is 0 Å². The number of nitrogens with zero attached hydrogens (tertiary/aromatic N) is 1. The zero-order valence-corrected chi connectivity index (χ0v) is 9.60. The maximum atomic E-state index is 11.9. The van der Waals surface area contributed by atoms with Crippen LogP contribution >= 0.6 is 0 Å². The van der Waals surface area contributed by atoms with Gasteiger partial charge < -0.3 is 16.2 Å². The molecule has 5 heteroatoms. The predicted molar refractivity (Wildman–Crippen MR) is 64.4 cm³/mol. The largest absolute Gasteiger partial charge is 0.391 e. The summed E-state index contributed by atoms with van der Waals surface area (Å²) in [7, 11) is 0. The van der Waals surface area contributed by atoms with E-state index < -0.39 is 6.10 Å². The molecule has 0 aliphatic heterocycles. The van der Waals surface area contributed by atoms with Crippen molar-refractivity contribution in [3.8, 4) is 0 Å². The molecule has 0 radical (unpaired) electrons. The van der Waals surface area contributed by atoms with Gasteiger partial charge in [-0.3, -0.25) is 4.79 Å². The minimum atomic E-state index is -0.453. The second kappa shape index (κ2) is 5.14. The minimum absolute atomic E-state index is 0.171. The summed E-state index contributed by atoms with van der Waals surface area (Å²) in [6, 6.07) is 3.13. The van der Waals surface area contributed by atoms with E-state index in [4.69, 9.17) is 5.73 Å². The van der Waals surface area contributed by atoms with E-state index in [0.29, 0.717) is 5.56 Å². The number of anilines is 1. The molecule has 1 saturated carbocycles. The number of hydrogen-bond donors (Lipinski definition) is 3. The van der Waals surface area contributed by atoms with Gasteiger partial charge in [-0.15, -0.1) is 0 Å². The van der Waals surface area contributed by atoms with Crippen molar-refractivity contribution in [2.24, 2.45) is 0 Å². The number of amides is 1. The third-order valence-corrected chi connectivity index (χ3v) is 3.13. The van der Waals surface area contributed by atoms with E-state index >= 15 is 0 Å². The lowest BCUT2D eigenvalue weighted by Gasteiger charge is -2.28. The first kappa shape index (κ1) is 11.9. The molecule has 2 atom stereocenters. The van der Waals surface area contributed by atoms with E-state index in [1.165, 1.54) is 0 Å². The molecule has 1 aromatic heterocycles. The Morgan fingerprint density at radius 1 is 1.47 bits per heavy atom. The Bertz CT molecular complexity index is 408. The van der Waals surface area contributed by atoms with Gasteiger partial charge in [0.2, 0.25) is 0 Å². The van der Waals surface area contributed by atoms with Gasteiger partial charge in [0, 0.05) is 6.20 Å². The van der Waals surface area contributed by atoms with E-state index in [0.717, 1.165) is 25.7 Å². The first-order chi connectivity index (χ1) is 8.18. The molecule has 17 heavy (non-hydrogen) atoms. The number of carbonyl (C=O) groups is 1. The molecule has 5 nitrogen and oxygen atoms in total. The first-order valence-electron chi connectivity index (χ1n) is 5.88. The fourth-order valence-corrected chi connectivity index (χ4v) is 2.14. The van der Waals surface area contributed by atoms with Gasteiger partial charge >= 0.3 is 0 Å². The molecule has 4 N–H and O–H groups in total. The van der Waals surface area contributed by atoms with Crippen molar-refractivity contribution in [1.29, 1.82) is 0 Å². The quantitative estimate of drug-likeness (QED) is 0.704. The molecule has 2 unspecified atom stereocenters. The number of aromatic nitrogens is 1. The topological polar surface area (TPSA) is 88.2 Å². The minimum Gasteiger partial charge on any atom is -0.391 e. The second-order valence-corrected chi connectivity index (χ2v) is 4.37. The first-order valence-corrected chi connectivity index (χ1v) is 5.88. The lowest BCUT2D eigenvalue weighted by molar-refractivity contribution is 0.0717. The van der Waals surface area contributed by atoms with Gasteiger partial charge in [0.25, 0.3) is 5.91 Å². The highest BCUT2D eigenvalue weighted by Crippen LogP contribution is 2.19. The Hall–Kier alpha value is -1.62. The van der Waals surface area contributed by atoms with Crippen LogP contribution in [-0.4, -0.2) is 28.1 Å². The zero-order valence-electron chi connectivity index (χ0n) is 9.60. The summed E-state index contributed by atoms with van der Waals surface area (Å²) < 4.78 is 0. The summed E-state index contributed by atoms with van der Waals surface area (Å²) in [5.74, 6) is -0.0446. The van der Waals surface area contributed by atoms with E-state index in [2.05, 4.69) is 10.3 Å². The fraction of sp³-hybridized carbons (Fsp3) is 0.500. The average Bonchev–Trinajstić information content (AvgIpc) is 2.32. The summed E-state index contributed by atoms with van der Waals surface area (Å²) in [6.07, 6.45) is 4.69. The number of rotatable bonds is 2. The van der Waals surface area contributed by atoms with E-state index in [1.54, 1.807) is 18.3 Å². The number of pyridine rings is 1. The fourth-order valence-electron chi connectivity index (χ4n) is 2.14. The molecular formula is C12H17N3O2. The van der Waals surface area contributed by atoms with E-state index in [1.807, 2.05) is 0 Å². The van der Waals surface area contributed by atoms with Gasteiger partial charge in [-0.1, -0.05) is 12.8 Å². The Labute approximate surface area is 100 Å². The maximum absolute atomic E-state index is 11.9. The molecular weight excluding hydrogens is 218 g/mol. The van der Waals surface area contributed by atoms with Crippen molar-refractivity contribution >= 4 is 11.7 Å². The predicted octanol–water partition coefficient (Wildman–Crippen LogP) is 0.697. The second-order valence-electron chi connectivity index (χ2n) is 4.37. The Morgan fingerprint density at radius 2 is 2.24 bits per heavy atom. The van der Waals surface area contributed by atoms with Crippen LogP contribution in [0.2, 0.25) is 0 Å². The number of nitrogens with one attached hydrogen (secondary N) is 1. The summed E-state index contributed by atoms with van der Waals surface area (Å²) >= 11 is 0. The van der Waals surface area contributed by atoms with Crippen LogP contribution < -0.4 is 11.1 Å². The monoisotopic (exact) mass is 235 g/mol. The molecule has 2 rings (SSSR count). The summed E-state index contributed by atoms with van der Waals surface area (Å²) in [4.78, 5) is 15.8. The average molecular weight is 235 g/mol. The van der Waals surface area contributed by atoms with Crippen LogP contribution in [0.4, 0.5) is 5.82 Å². The Balaban J connectivity index is 2.04. The van der Waals surface area contributed by atoms with Gasteiger partial charge in [-0.05, 0) is 25.0 Å². The zero-order chi connectivity index (χ0) is 12.3. The van der Waals surface area contributed by atoms with Gasteiger partial charge in [-0.2, -0.15) is 0 Å². The smallest absolute Gasteiger partial charge is 0.255 e. The van der Waals surface area contributed by atoms with Crippen molar-refractivity contribution in [3.05, 3.63) is 23.9 Å². The molecule has 1 amide bonds. The number of nitrogens with two attached hydrogens (primary N) is 1. The number of aliphatic hydroxyl groups excluding tert-OH is 1. The molecule has 0 spiro atoms. The highest BCUT2D eigenvalue weighted by Gasteiger charge is 2.25. The standard InChI is InChI=1S/C12H17N3O2/c13-11-8(4-3-7-14-11)12(17)15-9-5-1-2-6-10(9)16/h3-4,7,9-10,16H,1-2,5-6H2,(H2,13,14)(H,15,17). The van der Waals surface area contributed by atoms with Gasteiger partial charge in [0.15, 0.2) is 0 Å². The molecule has 1 aromatic rings. The summed E-state index contributed by atoms with van der Waals surface area (Å²) in [5, 5.41) is 12.6. The van der Waals surface area contributed by atoms with Crippen LogP contribution in [0.3, 0.4) is 0 Å². The molecule has 1 heterocycles. The number of hydrogen-bond acceptors (Lipinski definition) is 4. The third kappa shape index (κ3) is 2.74. The van der Waals surface area contributed by atoms with Crippen molar-refractivity contribution in [2.45, 2.75) is 37.8 Å². The number of nitrogen functional groups attached to an aromatic ring is 1. The van der Waals surface area contributed by atoms with E-state index in [-0.39, 0.29) is 17.8 Å².